The molecular formula is C15H22BrN. The summed E-state index contributed by atoms with van der Waals surface area (Å²) >= 11 is 3.52. The molecule has 1 nitrogen and oxygen atoms in total. The molecule has 1 aromatic carbocycles. The van der Waals surface area contributed by atoms with Gasteiger partial charge in [-0.15, -0.1) is 0 Å². The third-order valence-electron chi connectivity index (χ3n) is 3.94. The third-order valence-corrected chi connectivity index (χ3v) is 4.44. The van der Waals surface area contributed by atoms with E-state index in [1.165, 1.54) is 31.2 Å². The van der Waals surface area contributed by atoms with Crippen LogP contribution in [-0.4, -0.2) is 6.04 Å². The van der Waals surface area contributed by atoms with Crippen LogP contribution in [0.25, 0.3) is 0 Å². The van der Waals surface area contributed by atoms with Gasteiger partial charge in [-0.1, -0.05) is 47.8 Å². The Morgan fingerprint density at radius 1 is 1.41 bits per heavy atom. The van der Waals surface area contributed by atoms with Crippen LogP contribution in [0.15, 0.2) is 28.7 Å². The molecule has 0 aromatic heterocycles. The monoisotopic (exact) mass is 295 g/mol. The fraction of sp³-hybridized carbons (Fsp3) is 0.600. The van der Waals surface area contributed by atoms with Crippen LogP contribution in [0, 0.1) is 11.8 Å². The Hall–Kier alpha value is -0.340. The molecule has 1 fully saturated rings. The molecular weight excluding hydrogens is 274 g/mol. The molecule has 1 aliphatic rings. The molecule has 3 unspecified atom stereocenters. The lowest BCUT2D eigenvalue weighted by molar-refractivity contribution is 0.245. The summed E-state index contributed by atoms with van der Waals surface area (Å²) in [4.78, 5) is 0. The number of nitrogens with two attached hydrogens (primary N) is 1. The molecule has 1 aromatic rings. The van der Waals surface area contributed by atoms with E-state index < -0.39 is 0 Å². The largest absolute Gasteiger partial charge is 0.327 e. The van der Waals surface area contributed by atoms with E-state index in [2.05, 4.69) is 47.1 Å². The predicted molar refractivity (Wildman–Crippen MR) is 76.9 cm³/mol. The lowest BCUT2D eigenvalue weighted by Crippen LogP contribution is -2.35. The Bertz CT molecular complexity index is 364. The average Bonchev–Trinajstić information content (AvgIpc) is 2.29. The SMILES string of the molecule is CC1CCCC(C(N)Cc2cccc(Br)c2)C1. The van der Waals surface area contributed by atoms with Crippen LogP contribution in [0.2, 0.25) is 0 Å². The molecule has 1 saturated carbocycles. The van der Waals surface area contributed by atoms with E-state index in [4.69, 9.17) is 5.73 Å². The van der Waals surface area contributed by atoms with Gasteiger partial charge in [-0.05, 0) is 48.8 Å². The number of rotatable bonds is 3. The first-order valence-electron chi connectivity index (χ1n) is 6.65. The van der Waals surface area contributed by atoms with Gasteiger partial charge in [0, 0.05) is 10.5 Å². The fourth-order valence-corrected chi connectivity index (χ4v) is 3.42. The normalized spacial score (nSPS) is 26.8. The Morgan fingerprint density at radius 3 is 2.94 bits per heavy atom. The summed E-state index contributed by atoms with van der Waals surface area (Å²) in [5, 5.41) is 0. The summed E-state index contributed by atoms with van der Waals surface area (Å²) in [6.45, 7) is 2.36. The first kappa shape index (κ1) is 13.1. The topological polar surface area (TPSA) is 26.0 Å². The maximum absolute atomic E-state index is 6.38. The lowest BCUT2D eigenvalue weighted by atomic mass is 9.77. The van der Waals surface area contributed by atoms with Crippen LogP contribution in [0.5, 0.6) is 0 Å². The van der Waals surface area contributed by atoms with Gasteiger partial charge in [0.05, 0.1) is 0 Å². The second-order valence-corrected chi connectivity index (χ2v) is 6.45. The van der Waals surface area contributed by atoms with E-state index in [1.54, 1.807) is 0 Å². The Kier molecular flexibility index (Phi) is 4.63. The van der Waals surface area contributed by atoms with Crippen molar-refractivity contribution in [2.75, 3.05) is 0 Å². The Balaban J connectivity index is 1.94. The van der Waals surface area contributed by atoms with Gasteiger partial charge in [-0.25, -0.2) is 0 Å². The fourth-order valence-electron chi connectivity index (χ4n) is 2.97. The molecule has 2 N–H and O–H groups in total. The minimum Gasteiger partial charge on any atom is -0.327 e. The number of halogens is 1. The highest BCUT2D eigenvalue weighted by Gasteiger charge is 2.24. The first-order chi connectivity index (χ1) is 8.15. The second-order valence-electron chi connectivity index (χ2n) is 5.53. The molecule has 0 heterocycles. The Labute approximate surface area is 113 Å². The molecule has 0 saturated heterocycles. The van der Waals surface area contributed by atoms with Crippen LogP contribution in [-0.2, 0) is 6.42 Å². The molecule has 94 valence electrons. The molecule has 3 atom stereocenters. The van der Waals surface area contributed by atoms with Crippen molar-refractivity contribution in [2.45, 2.75) is 45.1 Å². The number of hydrogen-bond donors (Lipinski definition) is 1. The smallest absolute Gasteiger partial charge is 0.0178 e. The van der Waals surface area contributed by atoms with Gasteiger partial charge in [0.1, 0.15) is 0 Å². The zero-order chi connectivity index (χ0) is 12.3. The van der Waals surface area contributed by atoms with Crippen molar-refractivity contribution in [1.82, 2.24) is 0 Å². The van der Waals surface area contributed by atoms with E-state index in [9.17, 15) is 0 Å². The quantitative estimate of drug-likeness (QED) is 0.891. The lowest BCUT2D eigenvalue weighted by Gasteiger charge is -2.31. The summed E-state index contributed by atoms with van der Waals surface area (Å²) in [6, 6.07) is 8.85. The summed E-state index contributed by atoms with van der Waals surface area (Å²) < 4.78 is 1.15. The van der Waals surface area contributed by atoms with Crippen molar-refractivity contribution < 1.29 is 0 Å². The molecule has 1 aliphatic carbocycles. The molecule has 0 radical (unpaired) electrons. The summed E-state index contributed by atoms with van der Waals surface area (Å²) in [6.07, 6.45) is 6.39. The van der Waals surface area contributed by atoms with Crippen LogP contribution in [0.1, 0.15) is 38.2 Å². The maximum Gasteiger partial charge on any atom is 0.0178 e. The zero-order valence-electron chi connectivity index (χ0n) is 10.5. The van der Waals surface area contributed by atoms with Crippen LogP contribution in [0.4, 0.5) is 0 Å². The highest BCUT2D eigenvalue weighted by Crippen LogP contribution is 2.31. The maximum atomic E-state index is 6.38. The van der Waals surface area contributed by atoms with Crippen molar-refractivity contribution in [1.29, 1.82) is 0 Å². The van der Waals surface area contributed by atoms with E-state index in [0.29, 0.717) is 6.04 Å². The first-order valence-corrected chi connectivity index (χ1v) is 7.44. The minimum atomic E-state index is 0.326. The van der Waals surface area contributed by atoms with E-state index in [0.717, 1.165) is 22.7 Å². The highest BCUT2D eigenvalue weighted by molar-refractivity contribution is 9.10. The molecule has 17 heavy (non-hydrogen) atoms. The predicted octanol–water partition coefficient (Wildman–Crippen LogP) is 4.15. The molecule has 0 spiro atoms. The molecule has 0 amide bonds. The van der Waals surface area contributed by atoms with E-state index in [1.807, 2.05) is 0 Å². The Morgan fingerprint density at radius 2 is 2.24 bits per heavy atom. The van der Waals surface area contributed by atoms with Crippen molar-refractivity contribution in [3.05, 3.63) is 34.3 Å². The standard InChI is InChI=1S/C15H22BrN/c1-11-4-2-6-13(8-11)15(17)10-12-5-3-7-14(16)9-12/h3,5,7,9,11,13,15H,2,4,6,8,10,17H2,1H3. The van der Waals surface area contributed by atoms with Crippen molar-refractivity contribution in [3.8, 4) is 0 Å². The molecule has 0 bridgehead atoms. The van der Waals surface area contributed by atoms with E-state index in [-0.39, 0.29) is 0 Å². The molecule has 2 heteroatoms. The van der Waals surface area contributed by atoms with Gasteiger partial charge in [0.2, 0.25) is 0 Å². The molecule has 2 rings (SSSR count). The van der Waals surface area contributed by atoms with Gasteiger partial charge in [0.15, 0.2) is 0 Å². The van der Waals surface area contributed by atoms with Gasteiger partial charge in [-0.2, -0.15) is 0 Å². The van der Waals surface area contributed by atoms with Crippen molar-refractivity contribution >= 4 is 15.9 Å². The van der Waals surface area contributed by atoms with Gasteiger partial charge < -0.3 is 5.73 Å². The van der Waals surface area contributed by atoms with E-state index >= 15 is 0 Å². The number of benzene rings is 1. The van der Waals surface area contributed by atoms with Gasteiger partial charge in [-0.3, -0.25) is 0 Å². The summed E-state index contributed by atoms with van der Waals surface area (Å²) in [7, 11) is 0. The van der Waals surface area contributed by atoms with Crippen LogP contribution in [0.3, 0.4) is 0 Å². The van der Waals surface area contributed by atoms with Crippen molar-refractivity contribution in [3.63, 3.8) is 0 Å². The van der Waals surface area contributed by atoms with Crippen LogP contribution >= 0.6 is 15.9 Å². The third kappa shape index (κ3) is 3.82. The van der Waals surface area contributed by atoms with Crippen LogP contribution < -0.4 is 5.73 Å². The van der Waals surface area contributed by atoms with Crippen molar-refractivity contribution in [2.24, 2.45) is 17.6 Å². The summed E-state index contributed by atoms with van der Waals surface area (Å²) in [5.41, 5.74) is 7.73. The molecule has 0 aliphatic heterocycles. The zero-order valence-corrected chi connectivity index (χ0v) is 12.1. The van der Waals surface area contributed by atoms with Gasteiger partial charge in [0.25, 0.3) is 0 Å². The number of hydrogen-bond acceptors (Lipinski definition) is 1. The second kappa shape index (κ2) is 6.01. The highest BCUT2D eigenvalue weighted by atomic mass is 79.9. The summed E-state index contributed by atoms with van der Waals surface area (Å²) in [5.74, 6) is 1.58. The minimum absolute atomic E-state index is 0.326. The average molecular weight is 296 g/mol. The van der Waals surface area contributed by atoms with Gasteiger partial charge >= 0.3 is 0 Å².